The van der Waals surface area contributed by atoms with Gasteiger partial charge < -0.3 is 15.8 Å². The number of amides is 1. The average molecular weight is 400 g/mol. The molecule has 0 aliphatic carbocycles. The van der Waals surface area contributed by atoms with Crippen molar-refractivity contribution < 1.29 is 13.9 Å². The van der Waals surface area contributed by atoms with Crippen LogP contribution in [0.25, 0.3) is 0 Å². The molecule has 0 unspecified atom stereocenters. The molecule has 7 heteroatoms. The van der Waals surface area contributed by atoms with Gasteiger partial charge in [0.05, 0.1) is 10.6 Å². The number of primary amides is 1. The molecule has 0 atom stereocenters. The number of pyridine rings is 1. The highest BCUT2D eigenvalue weighted by Crippen LogP contribution is 2.20. The number of nitrogens with two attached hydrogens (primary N) is 1. The molecule has 0 spiro atoms. The van der Waals surface area contributed by atoms with Crippen LogP contribution in [0.15, 0.2) is 60.8 Å². The number of aromatic nitrogens is 1. The third kappa shape index (κ3) is 5.52. The summed E-state index contributed by atoms with van der Waals surface area (Å²) in [6, 6.07) is 15.5. The lowest BCUT2D eigenvalue weighted by molar-refractivity contribution is 0.1000. The SMILES string of the molecule is NC(=O)c1ccc(Oc2ccc(CCNCc3ccc(F)c(Cl)c3)cc2)nc1. The summed E-state index contributed by atoms with van der Waals surface area (Å²) >= 11 is 5.78. The number of hydrogen-bond acceptors (Lipinski definition) is 4. The zero-order valence-electron chi connectivity index (χ0n) is 15.0. The van der Waals surface area contributed by atoms with Gasteiger partial charge in [-0.1, -0.05) is 29.8 Å². The zero-order chi connectivity index (χ0) is 19.9. The van der Waals surface area contributed by atoms with E-state index < -0.39 is 11.7 Å². The van der Waals surface area contributed by atoms with Crippen molar-refractivity contribution in [1.82, 2.24) is 10.3 Å². The summed E-state index contributed by atoms with van der Waals surface area (Å²) in [5.41, 5.74) is 7.60. The molecule has 0 bridgehead atoms. The highest BCUT2D eigenvalue weighted by Gasteiger charge is 2.04. The summed E-state index contributed by atoms with van der Waals surface area (Å²) in [7, 11) is 0. The Morgan fingerprint density at radius 3 is 2.50 bits per heavy atom. The topological polar surface area (TPSA) is 77.2 Å². The standard InChI is InChI=1S/C21H19ClFN3O2/c22-18-11-15(3-7-19(18)23)12-25-10-9-14-1-5-17(6-2-14)28-20-8-4-16(13-26-20)21(24)27/h1-8,11,13,25H,9-10,12H2,(H2,24,27). The summed E-state index contributed by atoms with van der Waals surface area (Å²) in [4.78, 5) is 15.1. The fraction of sp³-hybridized carbons (Fsp3) is 0.143. The van der Waals surface area contributed by atoms with Gasteiger partial charge in [0.2, 0.25) is 11.8 Å². The molecule has 28 heavy (non-hydrogen) atoms. The van der Waals surface area contributed by atoms with Crippen molar-refractivity contribution in [2.75, 3.05) is 6.54 Å². The Morgan fingerprint density at radius 1 is 1.11 bits per heavy atom. The van der Waals surface area contributed by atoms with Crippen LogP contribution in [-0.4, -0.2) is 17.4 Å². The molecule has 0 aliphatic rings. The lowest BCUT2D eigenvalue weighted by Gasteiger charge is -2.08. The van der Waals surface area contributed by atoms with Crippen molar-refractivity contribution in [3.8, 4) is 11.6 Å². The number of benzene rings is 2. The maximum absolute atomic E-state index is 13.1. The van der Waals surface area contributed by atoms with Gasteiger partial charge >= 0.3 is 0 Å². The zero-order valence-corrected chi connectivity index (χ0v) is 15.7. The van der Waals surface area contributed by atoms with Crippen LogP contribution in [0.1, 0.15) is 21.5 Å². The number of halogens is 2. The Labute approximate surface area is 167 Å². The van der Waals surface area contributed by atoms with Gasteiger partial charge in [0, 0.05) is 18.8 Å². The van der Waals surface area contributed by atoms with Crippen LogP contribution in [0.4, 0.5) is 4.39 Å². The van der Waals surface area contributed by atoms with Gasteiger partial charge in [-0.2, -0.15) is 0 Å². The summed E-state index contributed by atoms with van der Waals surface area (Å²) in [6.07, 6.45) is 2.22. The molecule has 1 heterocycles. The lowest BCUT2D eigenvalue weighted by atomic mass is 10.1. The van der Waals surface area contributed by atoms with Crippen molar-refractivity contribution in [2.24, 2.45) is 5.73 Å². The summed E-state index contributed by atoms with van der Waals surface area (Å²) in [5.74, 6) is 0.0978. The molecule has 144 valence electrons. The van der Waals surface area contributed by atoms with E-state index in [-0.39, 0.29) is 5.02 Å². The normalized spacial score (nSPS) is 10.6. The molecule has 1 aromatic heterocycles. The van der Waals surface area contributed by atoms with Crippen LogP contribution in [0.3, 0.4) is 0 Å². The molecule has 0 radical (unpaired) electrons. The van der Waals surface area contributed by atoms with E-state index in [2.05, 4.69) is 10.3 Å². The van der Waals surface area contributed by atoms with E-state index in [9.17, 15) is 9.18 Å². The minimum absolute atomic E-state index is 0.133. The smallest absolute Gasteiger partial charge is 0.250 e. The number of rotatable bonds is 8. The third-order valence-corrected chi connectivity index (χ3v) is 4.36. The first kappa shape index (κ1) is 19.8. The molecule has 3 N–H and O–H groups in total. The molecule has 5 nitrogen and oxygen atoms in total. The number of hydrogen-bond donors (Lipinski definition) is 2. The van der Waals surface area contributed by atoms with Gasteiger partial charge in [0.25, 0.3) is 0 Å². The number of nitrogens with zero attached hydrogens (tertiary/aromatic N) is 1. The van der Waals surface area contributed by atoms with Crippen LogP contribution in [0, 0.1) is 5.82 Å². The average Bonchev–Trinajstić information content (AvgIpc) is 2.69. The second-order valence-electron chi connectivity index (χ2n) is 6.17. The Hall–Kier alpha value is -2.96. The van der Waals surface area contributed by atoms with Crippen LogP contribution in [0.2, 0.25) is 5.02 Å². The Balaban J connectivity index is 1.46. The largest absolute Gasteiger partial charge is 0.439 e. The lowest BCUT2D eigenvalue weighted by Crippen LogP contribution is -2.16. The van der Waals surface area contributed by atoms with Gasteiger partial charge in [-0.05, 0) is 54.4 Å². The fourth-order valence-electron chi connectivity index (χ4n) is 2.55. The van der Waals surface area contributed by atoms with Gasteiger partial charge in [0.1, 0.15) is 11.6 Å². The Bertz CT molecular complexity index is 947. The maximum atomic E-state index is 13.1. The molecule has 0 saturated heterocycles. The van der Waals surface area contributed by atoms with Gasteiger partial charge in [0.15, 0.2) is 0 Å². The van der Waals surface area contributed by atoms with E-state index >= 15 is 0 Å². The number of nitrogens with one attached hydrogen (secondary N) is 1. The predicted molar refractivity (Wildman–Crippen MR) is 106 cm³/mol. The van der Waals surface area contributed by atoms with Crippen LogP contribution in [0.5, 0.6) is 11.6 Å². The third-order valence-electron chi connectivity index (χ3n) is 4.07. The van der Waals surface area contributed by atoms with Crippen LogP contribution < -0.4 is 15.8 Å². The van der Waals surface area contributed by atoms with Crippen LogP contribution in [-0.2, 0) is 13.0 Å². The highest BCUT2D eigenvalue weighted by atomic mass is 35.5. The van der Waals surface area contributed by atoms with E-state index in [1.807, 2.05) is 24.3 Å². The first-order valence-corrected chi connectivity index (χ1v) is 9.06. The minimum atomic E-state index is -0.528. The van der Waals surface area contributed by atoms with Gasteiger partial charge in [-0.25, -0.2) is 9.37 Å². The molecular weight excluding hydrogens is 381 g/mol. The molecule has 3 aromatic rings. The van der Waals surface area contributed by atoms with Gasteiger partial charge in [-0.3, -0.25) is 4.79 Å². The number of carbonyl (C=O) groups is 1. The summed E-state index contributed by atoms with van der Waals surface area (Å²) in [6.45, 7) is 1.39. The molecule has 2 aromatic carbocycles. The second kappa shape index (κ2) is 9.30. The molecule has 1 amide bonds. The first-order valence-electron chi connectivity index (χ1n) is 8.68. The van der Waals surface area contributed by atoms with E-state index in [1.165, 1.54) is 12.3 Å². The summed E-state index contributed by atoms with van der Waals surface area (Å²) in [5, 5.41) is 3.44. The molecule has 0 aliphatic heterocycles. The Kier molecular flexibility index (Phi) is 6.57. The predicted octanol–water partition coefficient (Wildman–Crippen LogP) is 4.10. The van der Waals surface area contributed by atoms with Crippen LogP contribution >= 0.6 is 11.6 Å². The van der Waals surface area contributed by atoms with E-state index in [4.69, 9.17) is 22.1 Å². The number of ether oxygens (including phenoxy) is 1. The van der Waals surface area contributed by atoms with Crippen molar-refractivity contribution in [2.45, 2.75) is 13.0 Å². The van der Waals surface area contributed by atoms with Crippen molar-refractivity contribution in [3.63, 3.8) is 0 Å². The quantitative estimate of drug-likeness (QED) is 0.559. The summed E-state index contributed by atoms with van der Waals surface area (Å²) < 4.78 is 18.8. The van der Waals surface area contributed by atoms with Crippen molar-refractivity contribution >= 4 is 17.5 Å². The second-order valence-corrected chi connectivity index (χ2v) is 6.58. The maximum Gasteiger partial charge on any atom is 0.250 e. The van der Waals surface area contributed by atoms with E-state index in [1.54, 1.807) is 24.3 Å². The highest BCUT2D eigenvalue weighted by molar-refractivity contribution is 6.30. The molecular formula is C21H19ClFN3O2. The van der Waals surface area contributed by atoms with E-state index in [0.29, 0.717) is 23.7 Å². The fourth-order valence-corrected chi connectivity index (χ4v) is 2.75. The minimum Gasteiger partial charge on any atom is -0.439 e. The molecule has 0 fully saturated rings. The van der Waals surface area contributed by atoms with Crippen molar-refractivity contribution in [1.29, 1.82) is 0 Å². The van der Waals surface area contributed by atoms with Crippen molar-refractivity contribution in [3.05, 3.63) is 88.3 Å². The first-order chi connectivity index (χ1) is 13.5. The Morgan fingerprint density at radius 2 is 1.86 bits per heavy atom. The van der Waals surface area contributed by atoms with Gasteiger partial charge in [-0.15, -0.1) is 0 Å². The number of carbonyl (C=O) groups excluding carboxylic acids is 1. The monoisotopic (exact) mass is 399 g/mol. The molecule has 0 saturated carbocycles. The molecule has 3 rings (SSSR count). The van der Waals surface area contributed by atoms with E-state index in [0.717, 1.165) is 24.1 Å².